The number of benzene rings is 1. The first-order chi connectivity index (χ1) is 10.3. The summed E-state index contributed by atoms with van der Waals surface area (Å²) in [6, 6.07) is 5.44. The van der Waals surface area contributed by atoms with Crippen LogP contribution in [0.5, 0.6) is 0 Å². The molecule has 0 aliphatic heterocycles. The van der Waals surface area contributed by atoms with Crippen molar-refractivity contribution in [1.29, 1.82) is 0 Å². The molecule has 6 heteroatoms. The van der Waals surface area contributed by atoms with E-state index in [1.165, 1.54) is 6.33 Å². The summed E-state index contributed by atoms with van der Waals surface area (Å²) in [5.74, 6) is 0.661. The molecular weight excluding hydrogens is 266 g/mol. The van der Waals surface area contributed by atoms with Gasteiger partial charge >= 0.3 is 0 Å². The van der Waals surface area contributed by atoms with Gasteiger partial charge in [-0.1, -0.05) is 13.0 Å². The van der Waals surface area contributed by atoms with Gasteiger partial charge in [-0.3, -0.25) is 14.8 Å². The van der Waals surface area contributed by atoms with Gasteiger partial charge in [-0.2, -0.15) is 5.10 Å². The zero-order valence-electron chi connectivity index (χ0n) is 11.7. The van der Waals surface area contributed by atoms with Crippen LogP contribution in [0.1, 0.15) is 29.5 Å². The van der Waals surface area contributed by atoms with Gasteiger partial charge in [0.15, 0.2) is 5.78 Å². The van der Waals surface area contributed by atoms with Crippen LogP contribution in [0.25, 0.3) is 11.0 Å². The SMILES string of the molecule is CCCn1ncnc1CC(=O)c1cccc2nccnc12. The third-order valence-corrected chi connectivity index (χ3v) is 3.25. The Kier molecular flexibility index (Phi) is 3.68. The quantitative estimate of drug-likeness (QED) is 0.669. The van der Waals surface area contributed by atoms with Gasteiger partial charge in [0.1, 0.15) is 12.2 Å². The average Bonchev–Trinajstić information content (AvgIpc) is 2.94. The fraction of sp³-hybridized carbons (Fsp3) is 0.267. The van der Waals surface area contributed by atoms with Crippen LogP contribution < -0.4 is 0 Å². The highest BCUT2D eigenvalue weighted by Crippen LogP contribution is 2.16. The van der Waals surface area contributed by atoms with Crippen molar-refractivity contribution in [1.82, 2.24) is 24.7 Å². The number of rotatable bonds is 5. The highest BCUT2D eigenvalue weighted by molar-refractivity contribution is 6.06. The first-order valence-corrected chi connectivity index (χ1v) is 6.89. The first kappa shape index (κ1) is 13.4. The fourth-order valence-corrected chi connectivity index (χ4v) is 2.28. The van der Waals surface area contributed by atoms with E-state index in [1.807, 2.05) is 12.1 Å². The normalized spacial score (nSPS) is 10.9. The average molecular weight is 281 g/mol. The lowest BCUT2D eigenvalue weighted by Crippen LogP contribution is -2.12. The number of para-hydroxylation sites is 1. The molecule has 0 N–H and O–H groups in total. The molecule has 0 atom stereocenters. The van der Waals surface area contributed by atoms with Gasteiger partial charge in [0, 0.05) is 24.5 Å². The van der Waals surface area contributed by atoms with Crippen LogP contribution in [-0.2, 0) is 13.0 Å². The zero-order valence-corrected chi connectivity index (χ0v) is 11.7. The Labute approximate surface area is 121 Å². The minimum Gasteiger partial charge on any atom is -0.294 e. The van der Waals surface area contributed by atoms with Gasteiger partial charge in [-0.25, -0.2) is 9.67 Å². The molecule has 0 aliphatic carbocycles. The van der Waals surface area contributed by atoms with E-state index in [0.717, 1.165) is 18.5 Å². The lowest BCUT2D eigenvalue weighted by Gasteiger charge is -2.05. The van der Waals surface area contributed by atoms with Crippen LogP contribution in [0.15, 0.2) is 36.9 Å². The van der Waals surface area contributed by atoms with E-state index < -0.39 is 0 Å². The van der Waals surface area contributed by atoms with Crippen molar-refractivity contribution in [2.75, 3.05) is 0 Å². The Morgan fingerprint density at radius 1 is 1.19 bits per heavy atom. The predicted octanol–water partition coefficient (Wildman–Crippen LogP) is 2.06. The smallest absolute Gasteiger partial charge is 0.172 e. The van der Waals surface area contributed by atoms with Gasteiger partial charge in [0.25, 0.3) is 0 Å². The van der Waals surface area contributed by atoms with Gasteiger partial charge in [0.2, 0.25) is 0 Å². The highest BCUT2D eigenvalue weighted by Gasteiger charge is 2.15. The van der Waals surface area contributed by atoms with E-state index in [4.69, 9.17) is 0 Å². The van der Waals surface area contributed by atoms with E-state index >= 15 is 0 Å². The molecule has 0 fully saturated rings. The number of Topliss-reactive ketones (excluding diaryl/α,β-unsaturated/α-hetero) is 1. The maximum absolute atomic E-state index is 12.5. The largest absolute Gasteiger partial charge is 0.294 e. The van der Waals surface area contributed by atoms with Crippen molar-refractivity contribution < 1.29 is 4.79 Å². The summed E-state index contributed by atoms with van der Waals surface area (Å²) in [6.07, 6.45) is 5.87. The number of carbonyl (C=O) groups excluding carboxylic acids is 1. The molecule has 0 unspecified atom stereocenters. The molecule has 3 rings (SSSR count). The monoisotopic (exact) mass is 281 g/mol. The van der Waals surface area contributed by atoms with Crippen LogP contribution in [0.4, 0.5) is 0 Å². The van der Waals surface area contributed by atoms with Crippen LogP contribution in [-0.4, -0.2) is 30.5 Å². The lowest BCUT2D eigenvalue weighted by molar-refractivity contribution is 0.0990. The highest BCUT2D eigenvalue weighted by atomic mass is 16.1. The Balaban J connectivity index is 1.92. The molecule has 2 heterocycles. The summed E-state index contributed by atoms with van der Waals surface area (Å²) in [7, 11) is 0. The molecule has 0 saturated heterocycles. The fourth-order valence-electron chi connectivity index (χ4n) is 2.28. The van der Waals surface area contributed by atoms with Crippen LogP contribution in [0, 0.1) is 0 Å². The van der Waals surface area contributed by atoms with E-state index in [-0.39, 0.29) is 12.2 Å². The van der Waals surface area contributed by atoms with Crippen LogP contribution in [0.3, 0.4) is 0 Å². The summed E-state index contributed by atoms with van der Waals surface area (Å²) < 4.78 is 1.77. The molecule has 0 radical (unpaired) electrons. The van der Waals surface area contributed by atoms with E-state index in [2.05, 4.69) is 27.0 Å². The van der Waals surface area contributed by atoms with Gasteiger partial charge in [-0.05, 0) is 18.6 Å². The molecule has 106 valence electrons. The van der Waals surface area contributed by atoms with Gasteiger partial charge in [0.05, 0.1) is 17.5 Å². The standard InChI is InChI=1S/C15H15N5O/c1-2-8-20-14(18-10-19-20)9-13(21)11-4-3-5-12-15(11)17-7-6-16-12/h3-7,10H,2,8-9H2,1H3. The first-order valence-electron chi connectivity index (χ1n) is 6.89. The van der Waals surface area contributed by atoms with Crippen molar-refractivity contribution in [3.05, 3.63) is 48.3 Å². The number of ketones is 1. The molecule has 3 aromatic rings. The second-order valence-electron chi connectivity index (χ2n) is 4.73. The maximum atomic E-state index is 12.5. The minimum absolute atomic E-state index is 0.0218. The molecular formula is C15H15N5O. The van der Waals surface area contributed by atoms with E-state index in [9.17, 15) is 4.79 Å². The molecule has 0 aliphatic rings. The minimum atomic E-state index is -0.0218. The molecule has 0 spiro atoms. The molecule has 6 nitrogen and oxygen atoms in total. The molecule has 0 amide bonds. The number of aromatic nitrogens is 5. The second-order valence-corrected chi connectivity index (χ2v) is 4.73. The Bertz CT molecular complexity index is 775. The zero-order chi connectivity index (χ0) is 14.7. The molecule has 2 aromatic heterocycles. The van der Waals surface area contributed by atoms with Gasteiger partial charge < -0.3 is 0 Å². The summed E-state index contributed by atoms with van der Waals surface area (Å²) >= 11 is 0. The molecule has 1 aromatic carbocycles. The van der Waals surface area contributed by atoms with Crippen LogP contribution in [0.2, 0.25) is 0 Å². The van der Waals surface area contributed by atoms with E-state index in [0.29, 0.717) is 16.9 Å². The molecule has 0 saturated carbocycles. The van der Waals surface area contributed by atoms with Crippen molar-refractivity contribution in [3.63, 3.8) is 0 Å². The number of nitrogens with zero attached hydrogens (tertiary/aromatic N) is 5. The van der Waals surface area contributed by atoms with Crippen molar-refractivity contribution in [2.24, 2.45) is 0 Å². The summed E-state index contributed by atoms with van der Waals surface area (Å²) in [5, 5.41) is 4.14. The van der Waals surface area contributed by atoms with Crippen molar-refractivity contribution in [3.8, 4) is 0 Å². The summed E-state index contributed by atoms with van der Waals surface area (Å²) in [5.41, 5.74) is 1.93. The predicted molar refractivity (Wildman–Crippen MR) is 77.9 cm³/mol. The number of fused-ring (bicyclic) bond motifs is 1. The maximum Gasteiger partial charge on any atom is 0.172 e. The summed E-state index contributed by atoms with van der Waals surface area (Å²) in [4.78, 5) is 25.2. The third-order valence-electron chi connectivity index (χ3n) is 3.25. The number of hydrogen-bond donors (Lipinski definition) is 0. The van der Waals surface area contributed by atoms with Gasteiger partial charge in [-0.15, -0.1) is 0 Å². The number of hydrogen-bond acceptors (Lipinski definition) is 5. The number of aryl methyl sites for hydroxylation is 1. The molecule has 21 heavy (non-hydrogen) atoms. The lowest BCUT2D eigenvalue weighted by atomic mass is 10.1. The van der Waals surface area contributed by atoms with Crippen molar-refractivity contribution >= 4 is 16.8 Å². The van der Waals surface area contributed by atoms with Crippen LogP contribution >= 0.6 is 0 Å². The summed E-state index contributed by atoms with van der Waals surface area (Å²) in [6.45, 7) is 2.82. The van der Waals surface area contributed by atoms with E-state index in [1.54, 1.807) is 23.1 Å². The van der Waals surface area contributed by atoms with Crippen molar-refractivity contribution in [2.45, 2.75) is 26.3 Å². The second kappa shape index (κ2) is 5.78. The Hall–Kier alpha value is -2.63. The molecule has 0 bridgehead atoms. The third kappa shape index (κ3) is 2.65. The number of carbonyl (C=O) groups is 1. The topological polar surface area (TPSA) is 73.6 Å². The Morgan fingerprint density at radius 2 is 2.05 bits per heavy atom. The Morgan fingerprint density at radius 3 is 2.90 bits per heavy atom.